The molecule has 0 aromatic heterocycles. The number of aliphatic hydroxyl groups is 1. The number of urea groups is 1. The maximum atomic E-state index is 12.1. The number of unbranched alkanes of at least 4 members (excludes halogenated alkanes) is 2. The topological polar surface area (TPSA) is 89.9 Å². The minimum Gasteiger partial charge on any atom is -0.478 e. The third-order valence-electron chi connectivity index (χ3n) is 3.05. The highest BCUT2D eigenvalue weighted by Gasteiger charge is 2.15. The lowest BCUT2D eigenvalue weighted by molar-refractivity contribution is 0.0697. The molecular formula is C15H22N2O4. The summed E-state index contributed by atoms with van der Waals surface area (Å²) in [5.41, 5.74) is 0.716. The molecule has 6 nitrogen and oxygen atoms in total. The monoisotopic (exact) mass is 294 g/mol. The molecule has 0 saturated heterocycles. The number of hydrogen-bond acceptors (Lipinski definition) is 3. The molecule has 0 heterocycles. The molecule has 6 heteroatoms. The van der Waals surface area contributed by atoms with Crippen LogP contribution in [0.4, 0.5) is 10.5 Å². The van der Waals surface area contributed by atoms with Gasteiger partial charge in [-0.05, 0) is 30.7 Å². The Hall–Kier alpha value is -2.08. The van der Waals surface area contributed by atoms with Crippen molar-refractivity contribution in [3.05, 3.63) is 29.8 Å². The number of rotatable bonds is 8. The van der Waals surface area contributed by atoms with E-state index in [1.54, 1.807) is 12.1 Å². The molecular weight excluding hydrogens is 272 g/mol. The highest BCUT2D eigenvalue weighted by atomic mass is 16.4. The second kappa shape index (κ2) is 8.97. The van der Waals surface area contributed by atoms with Gasteiger partial charge < -0.3 is 15.5 Å². The summed E-state index contributed by atoms with van der Waals surface area (Å²) in [5.74, 6) is -1.01. The molecule has 0 aliphatic carbocycles. The van der Waals surface area contributed by atoms with Crippen molar-refractivity contribution >= 4 is 17.7 Å². The normalized spacial score (nSPS) is 10.2. The standard InChI is InChI=1S/C15H22N2O4/c1-2-3-4-9-16-15(21)17(10-11-18)13-7-5-12(6-8-13)14(19)20/h5-8,18H,2-4,9-11H2,1H3,(H,16,21)(H,19,20). The number of nitrogens with one attached hydrogen (secondary N) is 1. The maximum Gasteiger partial charge on any atom is 0.335 e. The molecule has 0 radical (unpaired) electrons. The second-order valence-electron chi connectivity index (χ2n) is 4.67. The molecule has 1 aromatic carbocycles. The molecule has 116 valence electrons. The van der Waals surface area contributed by atoms with Gasteiger partial charge in [-0.25, -0.2) is 9.59 Å². The van der Waals surface area contributed by atoms with E-state index in [0.717, 1.165) is 19.3 Å². The fourth-order valence-corrected chi connectivity index (χ4v) is 1.90. The van der Waals surface area contributed by atoms with Crippen molar-refractivity contribution < 1.29 is 19.8 Å². The summed E-state index contributed by atoms with van der Waals surface area (Å²) in [4.78, 5) is 24.3. The highest BCUT2D eigenvalue weighted by molar-refractivity contribution is 5.93. The van der Waals surface area contributed by atoms with E-state index in [2.05, 4.69) is 12.2 Å². The Morgan fingerprint density at radius 3 is 2.38 bits per heavy atom. The average Bonchev–Trinajstić information content (AvgIpc) is 2.49. The van der Waals surface area contributed by atoms with Crippen LogP contribution >= 0.6 is 0 Å². The van der Waals surface area contributed by atoms with E-state index in [0.29, 0.717) is 12.2 Å². The molecule has 0 unspecified atom stereocenters. The van der Waals surface area contributed by atoms with Crippen LogP contribution in [0, 0.1) is 0 Å². The van der Waals surface area contributed by atoms with Gasteiger partial charge in [0.25, 0.3) is 0 Å². The van der Waals surface area contributed by atoms with Gasteiger partial charge >= 0.3 is 12.0 Å². The Kier molecular flexibility index (Phi) is 7.25. The second-order valence-corrected chi connectivity index (χ2v) is 4.67. The van der Waals surface area contributed by atoms with Crippen LogP contribution in [-0.2, 0) is 0 Å². The molecule has 0 bridgehead atoms. The van der Waals surface area contributed by atoms with Crippen molar-refractivity contribution in [2.24, 2.45) is 0 Å². The molecule has 0 spiro atoms. The van der Waals surface area contributed by atoms with Crippen LogP contribution in [-0.4, -0.2) is 41.9 Å². The van der Waals surface area contributed by atoms with E-state index < -0.39 is 5.97 Å². The van der Waals surface area contributed by atoms with Gasteiger partial charge in [-0.3, -0.25) is 4.90 Å². The molecule has 0 fully saturated rings. The van der Waals surface area contributed by atoms with Gasteiger partial charge in [-0.15, -0.1) is 0 Å². The first-order valence-electron chi connectivity index (χ1n) is 7.09. The maximum absolute atomic E-state index is 12.1. The van der Waals surface area contributed by atoms with Crippen molar-refractivity contribution in [1.29, 1.82) is 0 Å². The fourth-order valence-electron chi connectivity index (χ4n) is 1.90. The van der Waals surface area contributed by atoms with E-state index >= 15 is 0 Å². The lowest BCUT2D eigenvalue weighted by Crippen LogP contribution is -2.42. The van der Waals surface area contributed by atoms with E-state index in [4.69, 9.17) is 10.2 Å². The number of carbonyl (C=O) groups is 2. The molecule has 0 aliphatic rings. The van der Waals surface area contributed by atoms with E-state index in [1.807, 2.05) is 0 Å². The number of aliphatic hydroxyl groups excluding tert-OH is 1. The molecule has 21 heavy (non-hydrogen) atoms. The fraction of sp³-hybridized carbons (Fsp3) is 0.467. The first-order chi connectivity index (χ1) is 10.1. The van der Waals surface area contributed by atoms with Crippen molar-refractivity contribution in [2.45, 2.75) is 26.2 Å². The minimum absolute atomic E-state index is 0.158. The Labute approximate surface area is 124 Å². The summed E-state index contributed by atoms with van der Waals surface area (Å²) in [6.07, 6.45) is 3.04. The smallest absolute Gasteiger partial charge is 0.335 e. The van der Waals surface area contributed by atoms with Gasteiger partial charge in [0, 0.05) is 12.2 Å². The van der Waals surface area contributed by atoms with Gasteiger partial charge in [-0.2, -0.15) is 0 Å². The molecule has 3 N–H and O–H groups in total. The van der Waals surface area contributed by atoms with Crippen LogP contribution in [0.3, 0.4) is 0 Å². The molecule has 1 aromatic rings. The molecule has 0 aliphatic heterocycles. The number of aromatic carboxylic acids is 1. The van der Waals surface area contributed by atoms with Gasteiger partial charge in [-0.1, -0.05) is 19.8 Å². The number of hydrogen-bond donors (Lipinski definition) is 3. The third kappa shape index (κ3) is 5.43. The zero-order valence-electron chi connectivity index (χ0n) is 12.2. The number of carboxylic acids is 1. The van der Waals surface area contributed by atoms with Gasteiger partial charge in [0.15, 0.2) is 0 Å². The van der Waals surface area contributed by atoms with E-state index in [9.17, 15) is 9.59 Å². The van der Waals surface area contributed by atoms with E-state index in [-0.39, 0.29) is 24.7 Å². The van der Waals surface area contributed by atoms with Crippen molar-refractivity contribution in [3.63, 3.8) is 0 Å². The SMILES string of the molecule is CCCCCNC(=O)N(CCO)c1ccc(C(=O)O)cc1. The van der Waals surface area contributed by atoms with Gasteiger partial charge in [0.1, 0.15) is 0 Å². The van der Waals surface area contributed by atoms with Gasteiger partial charge in [0.2, 0.25) is 0 Å². The Morgan fingerprint density at radius 1 is 1.19 bits per heavy atom. The zero-order chi connectivity index (χ0) is 15.7. The van der Waals surface area contributed by atoms with Crippen LogP contribution in [0.1, 0.15) is 36.5 Å². The predicted octanol–water partition coefficient (Wildman–Crippen LogP) is 2.08. The summed E-state index contributed by atoms with van der Waals surface area (Å²) in [6, 6.07) is 5.71. The summed E-state index contributed by atoms with van der Waals surface area (Å²) < 4.78 is 0. The Bertz CT molecular complexity index is 459. The van der Waals surface area contributed by atoms with Crippen molar-refractivity contribution in [1.82, 2.24) is 5.32 Å². The van der Waals surface area contributed by atoms with Gasteiger partial charge in [0.05, 0.1) is 18.7 Å². The third-order valence-corrected chi connectivity index (χ3v) is 3.05. The summed E-state index contributed by atoms with van der Waals surface area (Å²) in [6.45, 7) is 2.67. The zero-order valence-corrected chi connectivity index (χ0v) is 12.2. The molecule has 2 amide bonds. The van der Waals surface area contributed by atoms with Crippen LogP contribution in [0.15, 0.2) is 24.3 Å². The van der Waals surface area contributed by atoms with Crippen LogP contribution in [0.5, 0.6) is 0 Å². The largest absolute Gasteiger partial charge is 0.478 e. The average molecular weight is 294 g/mol. The molecule has 0 saturated carbocycles. The Balaban J connectivity index is 2.71. The predicted molar refractivity (Wildman–Crippen MR) is 80.8 cm³/mol. The molecule has 1 rings (SSSR count). The lowest BCUT2D eigenvalue weighted by atomic mass is 10.2. The first kappa shape index (κ1) is 17.0. The van der Waals surface area contributed by atoms with Crippen LogP contribution < -0.4 is 10.2 Å². The van der Waals surface area contributed by atoms with E-state index in [1.165, 1.54) is 17.0 Å². The summed E-state index contributed by atoms with van der Waals surface area (Å²) in [5, 5.41) is 20.7. The van der Waals surface area contributed by atoms with Crippen molar-refractivity contribution in [3.8, 4) is 0 Å². The number of benzene rings is 1. The number of anilines is 1. The summed E-state index contributed by atoms with van der Waals surface area (Å²) in [7, 11) is 0. The summed E-state index contributed by atoms with van der Waals surface area (Å²) >= 11 is 0. The molecule has 0 atom stereocenters. The Morgan fingerprint density at radius 2 is 1.86 bits per heavy atom. The number of nitrogens with zero attached hydrogens (tertiary/aromatic N) is 1. The lowest BCUT2D eigenvalue weighted by Gasteiger charge is -2.22. The van der Waals surface area contributed by atoms with Crippen LogP contribution in [0.2, 0.25) is 0 Å². The number of carbonyl (C=O) groups excluding carboxylic acids is 1. The van der Waals surface area contributed by atoms with Crippen molar-refractivity contribution in [2.75, 3.05) is 24.6 Å². The first-order valence-corrected chi connectivity index (χ1v) is 7.09. The highest BCUT2D eigenvalue weighted by Crippen LogP contribution is 2.15. The minimum atomic E-state index is -1.01. The number of amides is 2. The quantitative estimate of drug-likeness (QED) is 0.640. The van der Waals surface area contributed by atoms with Crippen LogP contribution in [0.25, 0.3) is 0 Å². The number of carboxylic acid groups (broad SMARTS) is 1.